The first-order chi connectivity index (χ1) is 9.79. The van der Waals surface area contributed by atoms with E-state index in [0.717, 1.165) is 45.9 Å². The predicted molar refractivity (Wildman–Crippen MR) is 79.0 cm³/mol. The quantitative estimate of drug-likeness (QED) is 0.741. The van der Waals surface area contributed by atoms with Crippen LogP contribution in [0.5, 0.6) is 0 Å². The number of likely N-dealkylation sites (tertiary alicyclic amines) is 1. The number of aliphatic hydroxyl groups excluding tert-OH is 1. The smallest absolute Gasteiger partial charge is 0.0900 e. The molecule has 2 atom stereocenters. The SMILES string of the molecule is CCOC[C@@H](O)CN1CCCC[C@H]1CN1CCOCC1. The van der Waals surface area contributed by atoms with Gasteiger partial charge in [0.15, 0.2) is 0 Å². The van der Waals surface area contributed by atoms with Gasteiger partial charge in [0.1, 0.15) is 0 Å². The van der Waals surface area contributed by atoms with Gasteiger partial charge in [0.05, 0.1) is 25.9 Å². The Hall–Kier alpha value is -0.200. The summed E-state index contributed by atoms with van der Waals surface area (Å²) in [7, 11) is 0. The zero-order chi connectivity index (χ0) is 14.2. The highest BCUT2D eigenvalue weighted by Crippen LogP contribution is 2.19. The Morgan fingerprint density at radius 2 is 2.05 bits per heavy atom. The maximum Gasteiger partial charge on any atom is 0.0900 e. The highest BCUT2D eigenvalue weighted by molar-refractivity contribution is 4.82. The van der Waals surface area contributed by atoms with Crippen LogP contribution in [0.2, 0.25) is 0 Å². The molecule has 0 aromatic heterocycles. The van der Waals surface area contributed by atoms with Crippen LogP contribution in [0.15, 0.2) is 0 Å². The first kappa shape index (κ1) is 16.2. The summed E-state index contributed by atoms with van der Waals surface area (Å²) in [5, 5.41) is 10.1. The molecule has 2 saturated heterocycles. The average molecular weight is 286 g/mol. The van der Waals surface area contributed by atoms with E-state index in [2.05, 4.69) is 9.80 Å². The van der Waals surface area contributed by atoms with Crippen molar-refractivity contribution < 1.29 is 14.6 Å². The second-order valence-corrected chi connectivity index (χ2v) is 5.87. The summed E-state index contributed by atoms with van der Waals surface area (Å²) >= 11 is 0. The molecule has 0 aliphatic carbocycles. The predicted octanol–water partition coefficient (Wildman–Crippen LogP) is 0.571. The molecular weight excluding hydrogens is 256 g/mol. The Bertz CT molecular complexity index is 260. The van der Waals surface area contributed by atoms with Crippen molar-refractivity contribution in [3.63, 3.8) is 0 Å². The van der Waals surface area contributed by atoms with Gasteiger partial charge in [-0.3, -0.25) is 9.80 Å². The van der Waals surface area contributed by atoms with Crippen LogP contribution in [0.1, 0.15) is 26.2 Å². The van der Waals surface area contributed by atoms with Crippen molar-refractivity contribution in [1.82, 2.24) is 9.80 Å². The van der Waals surface area contributed by atoms with Crippen molar-refractivity contribution in [2.45, 2.75) is 38.3 Å². The van der Waals surface area contributed by atoms with Gasteiger partial charge in [-0.1, -0.05) is 6.42 Å². The molecule has 2 rings (SSSR count). The second-order valence-electron chi connectivity index (χ2n) is 5.87. The Labute approximate surface area is 122 Å². The van der Waals surface area contributed by atoms with Gasteiger partial charge in [-0.15, -0.1) is 0 Å². The van der Waals surface area contributed by atoms with Crippen LogP contribution in [0.4, 0.5) is 0 Å². The number of β-amino-alcohol motifs (C(OH)–C–C–N with tert-alkyl or cyclic N) is 1. The van der Waals surface area contributed by atoms with Crippen LogP contribution >= 0.6 is 0 Å². The van der Waals surface area contributed by atoms with E-state index in [-0.39, 0.29) is 6.10 Å². The third kappa shape index (κ3) is 5.30. The maximum atomic E-state index is 10.1. The summed E-state index contributed by atoms with van der Waals surface area (Å²) in [6, 6.07) is 0.582. The highest BCUT2D eigenvalue weighted by Gasteiger charge is 2.26. The lowest BCUT2D eigenvalue weighted by atomic mass is 10.0. The number of piperidine rings is 1. The molecule has 2 heterocycles. The molecule has 2 aliphatic heterocycles. The third-order valence-corrected chi connectivity index (χ3v) is 4.28. The highest BCUT2D eigenvalue weighted by atomic mass is 16.5. The van der Waals surface area contributed by atoms with Gasteiger partial charge in [-0.2, -0.15) is 0 Å². The number of morpholine rings is 1. The first-order valence-electron chi connectivity index (χ1n) is 8.09. The molecule has 0 aromatic carbocycles. The maximum absolute atomic E-state index is 10.1. The van der Waals surface area contributed by atoms with Crippen molar-refractivity contribution in [2.75, 3.05) is 59.2 Å². The number of hydrogen-bond acceptors (Lipinski definition) is 5. The van der Waals surface area contributed by atoms with Crippen LogP contribution in [0.25, 0.3) is 0 Å². The molecule has 0 radical (unpaired) electrons. The molecule has 0 aromatic rings. The minimum absolute atomic E-state index is 0.361. The van der Waals surface area contributed by atoms with Crippen molar-refractivity contribution in [3.8, 4) is 0 Å². The van der Waals surface area contributed by atoms with Crippen molar-refractivity contribution in [2.24, 2.45) is 0 Å². The zero-order valence-corrected chi connectivity index (χ0v) is 12.8. The number of ether oxygens (including phenoxy) is 2. The molecule has 2 fully saturated rings. The summed E-state index contributed by atoms with van der Waals surface area (Å²) in [4.78, 5) is 4.96. The van der Waals surface area contributed by atoms with E-state index in [9.17, 15) is 5.11 Å². The molecular formula is C15H30N2O3. The zero-order valence-electron chi connectivity index (χ0n) is 12.8. The van der Waals surface area contributed by atoms with Crippen LogP contribution in [0, 0.1) is 0 Å². The molecule has 1 N–H and O–H groups in total. The van der Waals surface area contributed by atoms with Gasteiger partial charge in [-0.25, -0.2) is 0 Å². The lowest BCUT2D eigenvalue weighted by Crippen LogP contribution is -2.51. The largest absolute Gasteiger partial charge is 0.389 e. The minimum Gasteiger partial charge on any atom is -0.389 e. The summed E-state index contributed by atoms with van der Waals surface area (Å²) in [5.41, 5.74) is 0. The molecule has 5 heteroatoms. The first-order valence-corrected chi connectivity index (χ1v) is 8.09. The lowest BCUT2D eigenvalue weighted by Gasteiger charge is -2.40. The molecule has 2 aliphatic rings. The minimum atomic E-state index is -0.361. The second kappa shape index (κ2) is 8.95. The van der Waals surface area contributed by atoms with E-state index in [0.29, 0.717) is 19.3 Å². The fourth-order valence-corrected chi connectivity index (χ4v) is 3.17. The van der Waals surface area contributed by atoms with E-state index in [1.807, 2.05) is 6.92 Å². The summed E-state index contributed by atoms with van der Waals surface area (Å²) in [6.07, 6.45) is 3.45. The van der Waals surface area contributed by atoms with E-state index < -0.39 is 0 Å². The average Bonchev–Trinajstić information content (AvgIpc) is 2.48. The topological polar surface area (TPSA) is 45.2 Å². The fraction of sp³-hybridized carbons (Fsp3) is 1.00. The summed E-state index contributed by atoms with van der Waals surface area (Å²) < 4.78 is 10.7. The van der Waals surface area contributed by atoms with Crippen molar-refractivity contribution >= 4 is 0 Å². The van der Waals surface area contributed by atoms with Crippen LogP contribution in [0.3, 0.4) is 0 Å². The lowest BCUT2D eigenvalue weighted by molar-refractivity contribution is -0.0119. The molecule has 0 saturated carbocycles. The third-order valence-electron chi connectivity index (χ3n) is 4.28. The van der Waals surface area contributed by atoms with E-state index in [1.165, 1.54) is 19.3 Å². The van der Waals surface area contributed by atoms with Gasteiger partial charge >= 0.3 is 0 Å². The number of hydrogen-bond donors (Lipinski definition) is 1. The standard InChI is InChI=1S/C15H30N2O3/c1-2-19-13-15(18)12-17-6-4-3-5-14(17)11-16-7-9-20-10-8-16/h14-15,18H,2-13H2,1H3/t14-,15-/m0/s1. The Balaban J connectivity index is 1.78. The molecule has 0 unspecified atom stereocenters. The van der Waals surface area contributed by atoms with Gasteiger partial charge in [0, 0.05) is 38.8 Å². The van der Waals surface area contributed by atoms with Crippen molar-refractivity contribution in [3.05, 3.63) is 0 Å². The number of aliphatic hydroxyl groups is 1. The monoisotopic (exact) mass is 286 g/mol. The van der Waals surface area contributed by atoms with E-state index in [1.54, 1.807) is 0 Å². The van der Waals surface area contributed by atoms with Crippen LogP contribution in [-0.2, 0) is 9.47 Å². The molecule has 0 bridgehead atoms. The number of nitrogens with zero attached hydrogens (tertiary/aromatic N) is 2. The van der Waals surface area contributed by atoms with Gasteiger partial charge in [-0.05, 0) is 26.3 Å². The molecule has 118 valence electrons. The Morgan fingerprint density at radius 1 is 1.25 bits per heavy atom. The molecule has 5 nitrogen and oxygen atoms in total. The van der Waals surface area contributed by atoms with Crippen LogP contribution < -0.4 is 0 Å². The Kier molecular flexibility index (Phi) is 7.24. The van der Waals surface area contributed by atoms with Gasteiger partial charge in [0.2, 0.25) is 0 Å². The van der Waals surface area contributed by atoms with E-state index in [4.69, 9.17) is 9.47 Å². The normalized spacial score (nSPS) is 27.6. The fourth-order valence-electron chi connectivity index (χ4n) is 3.17. The number of rotatable bonds is 7. The molecule has 0 spiro atoms. The molecule has 20 heavy (non-hydrogen) atoms. The van der Waals surface area contributed by atoms with Crippen LogP contribution in [-0.4, -0.2) is 86.2 Å². The van der Waals surface area contributed by atoms with Crippen molar-refractivity contribution in [1.29, 1.82) is 0 Å². The van der Waals surface area contributed by atoms with E-state index >= 15 is 0 Å². The van der Waals surface area contributed by atoms with Gasteiger partial charge < -0.3 is 14.6 Å². The Morgan fingerprint density at radius 3 is 2.80 bits per heavy atom. The van der Waals surface area contributed by atoms with Gasteiger partial charge in [0.25, 0.3) is 0 Å². The summed E-state index contributed by atoms with van der Waals surface area (Å²) in [6.45, 7) is 9.88. The molecule has 0 amide bonds. The summed E-state index contributed by atoms with van der Waals surface area (Å²) in [5.74, 6) is 0.